The minimum absolute atomic E-state index is 0.206. The van der Waals surface area contributed by atoms with Crippen LogP contribution in [0.15, 0.2) is 30.5 Å². The highest BCUT2D eigenvalue weighted by atomic mass is 19.1. The van der Waals surface area contributed by atoms with Crippen LogP contribution in [-0.4, -0.2) is 4.98 Å². The van der Waals surface area contributed by atoms with Gasteiger partial charge in [-0.25, -0.2) is 13.8 Å². The van der Waals surface area contributed by atoms with Crippen molar-refractivity contribution in [3.63, 3.8) is 0 Å². The molecule has 1 aromatic heterocycles. The number of aromatic nitrogens is 1. The van der Waals surface area contributed by atoms with Crippen molar-refractivity contribution in [3.05, 3.63) is 47.7 Å². The second-order valence-electron chi connectivity index (χ2n) is 3.66. The summed E-state index contributed by atoms with van der Waals surface area (Å²) in [5.41, 5.74) is 6.11. The van der Waals surface area contributed by atoms with E-state index < -0.39 is 11.6 Å². The van der Waals surface area contributed by atoms with Crippen LogP contribution in [0.4, 0.5) is 26.0 Å². The molecule has 0 aliphatic heterocycles. The predicted molar refractivity (Wildman–Crippen MR) is 63.0 cm³/mol. The van der Waals surface area contributed by atoms with Gasteiger partial charge in [-0.1, -0.05) is 6.07 Å². The average molecular weight is 235 g/mol. The average Bonchev–Trinajstić information content (AvgIpc) is 2.32. The second-order valence-corrected chi connectivity index (χ2v) is 3.66. The molecule has 0 unspecified atom stereocenters. The molecule has 0 amide bonds. The molecule has 3 nitrogen and oxygen atoms in total. The molecule has 0 spiro atoms. The van der Waals surface area contributed by atoms with Crippen molar-refractivity contribution < 1.29 is 8.78 Å². The predicted octanol–water partition coefficient (Wildman–Crippen LogP) is 2.99. The lowest BCUT2D eigenvalue weighted by Gasteiger charge is -2.09. The van der Waals surface area contributed by atoms with E-state index in [0.29, 0.717) is 17.1 Å². The highest BCUT2D eigenvalue weighted by molar-refractivity contribution is 5.59. The normalized spacial score (nSPS) is 10.3. The zero-order valence-electron chi connectivity index (χ0n) is 9.17. The van der Waals surface area contributed by atoms with Crippen LogP contribution < -0.4 is 11.1 Å². The monoisotopic (exact) mass is 235 g/mol. The maximum atomic E-state index is 13.7. The Morgan fingerprint density at radius 1 is 1.18 bits per heavy atom. The Kier molecular flexibility index (Phi) is 2.91. The van der Waals surface area contributed by atoms with E-state index in [4.69, 9.17) is 5.73 Å². The Balaban J connectivity index is 2.36. The van der Waals surface area contributed by atoms with E-state index in [-0.39, 0.29) is 5.69 Å². The fourth-order valence-electron chi connectivity index (χ4n) is 1.38. The zero-order chi connectivity index (χ0) is 12.4. The van der Waals surface area contributed by atoms with Gasteiger partial charge in [0.2, 0.25) is 0 Å². The van der Waals surface area contributed by atoms with Gasteiger partial charge in [0, 0.05) is 0 Å². The Morgan fingerprint density at radius 3 is 2.59 bits per heavy atom. The number of nitrogens with two attached hydrogens (primary N) is 1. The van der Waals surface area contributed by atoms with Gasteiger partial charge in [0.25, 0.3) is 0 Å². The number of nitrogens with one attached hydrogen (secondary N) is 1. The van der Waals surface area contributed by atoms with E-state index in [1.807, 2.05) is 0 Å². The first-order chi connectivity index (χ1) is 8.08. The summed E-state index contributed by atoms with van der Waals surface area (Å²) in [4.78, 5) is 3.92. The minimum Gasteiger partial charge on any atom is -0.397 e. The molecule has 17 heavy (non-hydrogen) atoms. The van der Waals surface area contributed by atoms with Crippen molar-refractivity contribution in [3.8, 4) is 0 Å². The van der Waals surface area contributed by atoms with E-state index in [2.05, 4.69) is 10.3 Å². The molecule has 0 saturated carbocycles. The molecule has 1 heterocycles. The fraction of sp³-hybridized carbons (Fsp3) is 0.0833. The lowest BCUT2D eigenvalue weighted by atomic mass is 10.2. The van der Waals surface area contributed by atoms with Gasteiger partial charge in [0.15, 0.2) is 5.82 Å². The third-order valence-electron chi connectivity index (χ3n) is 2.32. The van der Waals surface area contributed by atoms with E-state index in [1.165, 1.54) is 18.3 Å². The molecule has 2 rings (SSSR count). The van der Waals surface area contributed by atoms with Crippen LogP contribution in [-0.2, 0) is 0 Å². The zero-order valence-corrected chi connectivity index (χ0v) is 9.17. The number of aryl methyl sites for hydroxylation is 1. The smallest absolute Gasteiger partial charge is 0.152 e. The third-order valence-corrected chi connectivity index (χ3v) is 2.32. The number of anilines is 3. The van der Waals surface area contributed by atoms with E-state index in [9.17, 15) is 8.78 Å². The Bertz CT molecular complexity index is 538. The maximum absolute atomic E-state index is 13.7. The lowest BCUT2D eigenvalue weighted by Crippen LogP contribution is -2.01. The number of rotatable bonds is 2. The van der Waals surface area contributed by atoms with E-state index in [1.54, 1.807) is 19.1 Å². The molecule has 0 radical (unpaired) electrons. The van der Waals surface area contributed by atoms with Crippen molar-refractivity contribution in [2.75, 3.05) is 11.1 Å². The first kappa shape index (κ1) is 11.3. The summed E-state index contributed by atoms with van der Waals surface area (Å²) in [5.74, 6) is -0.946. The molecule has 0 fully saturated rings. The molecule has 2 aromatic rings. The largest absolute Gasteiger partial charge is 0.397 e. The fourth-order valence-corrected chi connectivity index (χ4v) is 1.38. The van der Waals surface area contributed by atoms with Crippen LogP contribution in [0.2, 0.25) is 0 Å². The molecule has 0 aliphatic rings. The van der Waals surface area contributed by atoms with Gasteiger partial charge in [-0.2, -0.15) is 0 Å². The Labute approximate surface area is 97.3 Å². The number of pyridine rings is 1. The van der Waals surface area contributed by atoms with Gasteiger partial charge in [-0.15, -0.1) is 0 Å². The van der Waals surface area contributed by atoms with Gasteiger partial charge >= 0.3 is 0 Å². The number of hydrogen-bond donors (Lipinski definition) is 2. The van der Waals surface area contributed by atoms with E-state index >= 15 is 0 Å². The molecule has 5 heteroatoms. The summed E-state index contributed by atoms with van der Waals surface area (Å²) >= 11 is 0. The molecule has 3 N–H and O–H groups in total. The summed E-state index contributed by atoms with van der Waals surface area (Å²) in [6.45, 7) is 1.57. The summed E-state index contributed by atoms with van der Waals surface area (Å²) < 4.78 is 27.1. The molecular formula is C12H11F2N3. The molecule has 1 aromatic carbocycles. The molecule has 0 saturated heterocycles. The van der Waals surface area contributed by atoms with Crippen LogP contribution in [0.3, 0.4) is 0 Å². The summed E-state index contributed by atoms with van der Waals surface area (Å²) in [6.07, 6.45) is 1.41. The van der Waals surface area contributed by atoms with Crippen molar-refractivity contribution in [2.24, 2.45) is 0 Å². The van der Waals surface area contributed by atoms with Crippen molar-refractivity contribution in [1.82, 2.24) is 4.98 Å². The topological polar surface area (TPSA) is 50.9 Å². The summed E-state index contributed by atoms with van der Waals surface area (Å²) in [5, 5.41) is 2.59. The highest BCUT2D eigenvalue weighted by Gasteiger charge is 2.11. The van der Waals surface area contributed by atoms with Crippen LogP contribution in [0.5, 0.6) is 0 Å². The molecule has 0 atom stereocenters. The van der Waals surface area contributed by atoms with E-state index in [0.717, 1.165) is 0 Å². The highest BCUT2D eigenvalue weighted by Crippen LogP contribution is 2.24. The molecular weight excluding hydrogens is 224 g/mol. The van der Waals surface area contributed by atoms with Gasteiger partial charge < -0.3 is 11.1 Å². The number of benzene rings is 1. The number of nitrogen functional groups attached to an aromatic ring is 1. The SMILES string of the molecule is Cc1ccc(F)c(Nc2ccc(N)cn2)c1F. The van der Waals surface area contributed by atoms with Crippen LogP contribution in [0.1, 0.15) is 5.56 Å². The minimum atomic E-state index is -0.660. The standard InChI is InChI=1S/C12H11F2N3/c1-7-2-4-9(13)12(11(7)14)17-10-5-3-8(15)6-16-10/h2-6H,15H2,1H3,(H,16,17). The maximum Gasteiger partial charge on any atom is 0.152 e. The van der Waals surface area contributed by atoms with Crippen molar-refractivity contribution >= 4 is 17.2 Å². The first-order valence-corrected chi connectivity index (χ1v) is 5.01. The summed E-state index contributed by atoms with van der Waals surface area (Å²) in [6, 6.07) is 5.74. The third kappa shape index (κ3) is 2.33. The van der Waals surface area contributed by atoms with Crippen molar-refractivity contribution in [1.29, 1.82) is 0 Å². The molecule has 0 bridgehead atoms. The number of halogens is 2. The second kappa shape index (κ2) is 4.37. The molecule has 0 aliphatic carbocycles. The lowest BCUT2D eigenvalue weighted by molar-refractivity contribution is 0.584. The van der Waals surface area contributed by atoms with Crippen molar-refractivity contribution in [2.45, 2.75) is 6.92 Å². The van der Waals surface area contributed by atoms with Gasteiger partial charge in [-0.3, -0.25) is 0 Å². The first-order valence-electron chi connectivity index (χ1n) is 5.01. The quantitative estimate of drug-likeness (QED) is 0.841. The molecule has 88 valence electrons. The van der Waals surface area contributed by atoms with Crippen LogP contribution >= 0.6 is 0 Å². The van der Waals surface area contributed by atoms with Crippen LogP contribution in [0.25, 0.3) is 0 Å². The van der Waals surface area contributed by atoms with Crippen LogP contribution in [0, 0.1) is 18.6 Å². The Morgan fingerprint density at radius 2 is 1.94 bits per heavy atom. The number of nitrogens with zero attached hydrogens (tertiary/aromatic N) is 1. The summed E-state index contributed by atoms with van der Waals surface area (Å²) in [7, 11) is 0. The van der Waals surface area contributed by atoms with Gasteiger partial charge in [-0.05, 0) is 30.7 Å². The van der Waals surface area contributed by atoms with Gasteiger partial charge in [0.1, 0.15) is 17.3 Å². The number of hydrogen-bond acceptors (Lipinski definition) is 3. The Hall–Kier alpha value is -2.17. The van der Waals surface area contributed by atoms with Gasteiger partial charge in [0.05, 0.1) is 11.9 Å².